The van der Waals surface area contributed by atoms with Crippen molar-refractivity contribution in [3.63, 3.8) is 0 Å². The summed E-state index contributed by atoms with van der Waals surface area (Å²) in [7, 11) is -2.45. The van der Waals surface area contributed by atoms with Crippen molar-refractivity contribution in [1.82, 2.24) is 9.71 Å². The predicted molar refractivity (Wildman–Crippen MR) is 97.6 cm³/mol. The SMILES string of the molecule is CNS(=O)(=O)c1cccc(C(=O)OCC(=O)c2[nH]c(C)c(C(C)=O)c2C)c1. The fourth-order valence-electron chi connectivity index (χ4n) is 2.75. The summed E-state index contributed by atoms with van der Waals surface area (Å²) in [5.41, 5.74) is 1.72. The van der Waals surface area contributed by atoms with Gasteiger partial charge < -0.3 is 9.72 Å². The molecule has 144 valence electrons. The van der Waals surface area contributed by atoms with E-state index in [-0.39, 0.29) is 21.9 Å². The first kappa shape index (κ1) is 20.5. The summed E-state index contributed by atoms with van der Waals surface area (Å²) in [5, 5.41) is 0. The van der Waals surface area contributed by atoms with Gasteiger partial charge in [-0.25, -0.2) is 17.9 Å². The van der Waals surface area contributed by atoms with Crippen molar-refractivity contribution in [3.05, 3.63) is 52.3 Å². The van der Waals surface area contributed by atoms with Crippen molar-refractivity contribution < 1.29 is 27.5 Å². The highest BCUT2D eigenvalue weighted by atomic mass is 32.2. The minimum atomic E-state index is -3.71. The third kappa shape index (κ3) is 4.32. The molecule has 0 atom stereocenters. The van der Waals surface area contributed by atoms with E-state index >= 15 is 0 Å². The molecular formula is C18H20N2O6S. The van der Waals surface area contributed by atoms with Crippen LogP contribution in [0.2, 0.25) is 0 Å². The largest absolute Gasteiger partial charge is 0.454 e. The molecule has 1 aromatic carbocycles. The molecule has 0 spiro atoms. The van der Waals surface area contributed by atoms with Crippen molar-refractivity contribution in [2.45, 2.75) is 25.7 Å². The number of aryl methyl sites for hydroxylation is 1. The first-order chi connectivity index (χ1) is 12.6. The normalized spacial score (nSPS) is 11.3. The fourth-order valence-corrected chi connectivity index (χ4v) is 3.53. The summed E-state index contributed by atoms with van der Waals surface area (Å²) in [6.07, 6.45) is 0. The van der Waals surface area contributed by atoms with Gasteiger partial charge in [0.15, 0.2) is 12.4 Å². The molecule has 27 heavy (non-hydrogen) atoms. The maximum absolute atomic E-state index is 12.3. The molecule has 8 nitrogen and oxygen atoms in total. The maximum Gasteiger partial charge on any atom is 0.338 e. The van der Waals surface area contributed by atoms with Gasteiger partial charge in [0, 0.05) is 11.3 Å². The number of benzene rings is 1. The molecule has 1 aromatic heterocycles. The number of aromatic amines is 1. The van der Waals surface area contributed by atoms with E-state index in [9.17, 15) is 22.8 Å². The lowest BCUT2D eigenvalue weighted by molar-refractivity contribution is 0.0473. The summed E-state index contributed by atoms with van der Waals surface area (Å²) < 4.78 is 30.8. The van der Waals surface area contributed by atoms with Gasteiger partial charge in [-0.15, -0.1) is 0 Å². The fraction of sp³-hybridized carbons (Fsp3) is 0.278. The molecule has 0 saturated heterocycles. The zero-order valence-electron chi connectivity index (χ0n) is 15.4. The molecule has 2 N–H and O–H groups in total. The Morgan fingerprint density at radius 3 is 2.41 bits per heavy atom. The molecule has 0 fully saturated rings. The van der Waals surface area contributed by atoms with Crippen LogP contribution < -0.4 is 4.72 Å². The first-order valence-electron chi connectivity index (χ1n) is 8.02. The number of esters is 1. The molecule has 0 saturated carbocycles. The van der Waals surface area contributed by atoms with Crippen molar-refractivity contribution in [3.8, 4) is 0 Å². The number of ketones is 2. The third-order valence-electron chi connectivity index (χ3n) is 4.05. The van der Waals surface area contributed by atoms with Gasteiger partial charge in [0.2, 0.25) is 15.8 Å². The van der Waals surface area contributed by atoms with Crippen LogP contribution in [-0.2, 0) is 14.8 Å². The lowest BCUT2D eigenvalue weighted by atomic mass is 10.1. The van der Waals surface area contributed by atoms with Gasteiger partial charge >= 0.3 is 5.97 Å². The van der Waals surface area contributed by atoms with Crippen LogP contribution in [-0.4, -0.2) is 44.6 Å². The molecule has 0 unspecified atom stereocenters. The van der Waals surface area contributed by atoms with E-state index in [1.165, 1.54) is 32.2 Å². The average Bonchev–Trinajstić information content (AvgIpc) is 2.93. The van der Waals surface area contributed by atoms with Gasteiger partial charge in [0.05, 0.1) is 16.2 Å². The average molecular weight is 392 g/mol. The van der Waals surface area contributed by atoms with Crippen LogP contribution >= 0.6 is 0 Å². The number of rotatable bonds is 7. The number of H-pyrrole nitrogens is 1. The molecule has 2 rings (SSSR count). The maximum atomic E-state index is 12.3. The minimum absolute atomic E-state index is 0.00272. The van der Waals surface area contributed by atoms with Crippen molar-refractivity contribution in [2.24, 2.45) is 0 Å². The third-order valence-corrected chi connectivity index (χ3v) is 5.46. The minimum Gasteiger partial charge on any atom is -0.454 e. The quantitative estimate of drug-likeness (QED) is 0.547. The number of ether oxygens (including phenoxy) is 1. The molecule has 0 amide bonds. The van der Waals surface area contributed by atoms with Gasteiger partial charge in [0.1, 0.15) is 0 Å². The van der Waals surface area contributed by atoms with Crippen LogP contribution in [0.5, 0.6) is 0 Å². The Morgan fingerprint density at radius 2 is 1.85 bits per heavy atom. The van der Waals surface area contributed by atoms with Crippen molar-refractivity contribution in [2.75, 3.05) is 13.7 Å². The van der Waals surface area contributed by atoms with E-state index in [0.717, 1.165) is 6.07 Å². The number of sulfonamides is 1. The van der Waals surface area contributed by atoms with Gasteiger partial charge in [-0.2, -0.15) is 0 Å². The number of hydrogen-bond donors (Lipinski definition) is 2. The van der Waals surface area contributed by atoms with Gasteiger partial charge in [-0.1, -0.05) is 6.07 Å². The van der Waals surface area contributed by atoms with Gasteiger partial charge in [0.25, 0.3) is 0 Å². The first-order valence-corrected chi connectivity index (χ1v) is 9.50. The van der Waals surface area contributed by atoms with Crippen LogP contribution in [0.1, 0.15) is 49.4 Å². The molecule has 0 aliphatic heterocycles. The second-order valence-electron chi connectivity index (χ2n) is 5.92. The zero-order valence-corrected chi connectivity index (χ0v) is 16.2. The van der Waals surface area contributed by atoms with E-state index in [1.54, 1.807) is 13.8 Å². The number of hydrogen-bond acceptors (Lipinski definition) is 6. The number of Topliss-reactive ketones (excluding diaryl/α,β-unsaturated/α-hetero) is 2. The Bertz CT molecular complexity index is 1020. The zero-order chi connectivity index (χ0) is 20.4. The second-order valence-corrected chi connectivity index (χ2v) is 7.80. The summed E-state index contributed by atoms with van der Waals surface area (Å²) in [6, 6.07) is 5.29. The number of carbonyl (C=O) groups is 3. The standard InChI is InChI=1S/C18H20N2O6S/c1-10-16(12(3)21)11(2)20-17(10)15(22)9-26-18(23)13-6-5-7-14(8-13)27(24,25)19-4/h5-8,19-20H,9H2,1-4H3. The Balaban J connectivity index is 2.15. The van der Waals surface area contributed by atoms with E-state index in [4.69, 9.17) is 4.74 Å². The second kappa shape index (κ2) is 7.85. The molecule has 0 aliphatic rings. The Kier molecular flexibility index (Phi) is 5.97. The molecule has 1 heterocycles. The van der Waals surface area contributed by atoms with E-state index < -0.39 is 28.4 Å². The highest BCUT2D eigenvalue weighted by molar-refractivity contribution is 7.89. The van der Waals surface area contributed by atoms with Crippen LogP contribution in [0.15, 0.2) is 29.2 Å². The van der Waals surface area contributed by atoms with E-state index in [2.05, 4.69) is 9.71 Å². The molecular weight excluding hydrogens is 372 g/mol. The predicted octanol–water partition coefficient (Wildman–Crippen LogP) is 1.78. The molecule has 0 radical (unpaired) electrons. The topological polar surface area (TPSA) is 122 Å². The number of aromatic nitrogens is 1. The van der Waals surface area contributed by atoms with E-state index in [1.807, 2.05) is 0 Å². The van der Waals surface area contributed by atoms with Gasteiger partial charge in [-0.05, 0) is 51.6 Å². The molecule has 9 heteroatoms. The lowest BCUT2D eigenvalue weighted by Crippen LogP contribution is -2.19. The Morgan fingerprint density at radius 1 is 1.19 bits per heavy atom. The van der Waals surface area contributed by atoms with Crippen LogP contribution in [0.25, 0.3) is 0 Å². The summed E-state index contributed by atoms with van der Waals surface area (Å²) in [6.45, 7) is 4.19. The van der Waals surface area contributed by atoms with Crippen molar-refractivity contribution in [1.29, 1.82) is 0 Å². The summed E-state index contributed by atoms with van der Waals surface area (Å²) in [4.78, 5) is 38.9. The number of carbonyl (C=O) groups excluding carboxylic acids is 3. The molecule has 2 aromatic rings. The van der Waals surface area contributed by atoms with Crippen molar-refractivity contribution >= 4 is 27.6 Å². The summed E-state index contributed by atoms with van der Waals surface area (Å²) >= 11 is 0. The van der Waals surface area contributed by atoms with E-state index in [0.29, 0.717) is 16.8 Å². The van der Waals surface area contributed by atoms with Crippen LogP contribution in [0.3, 0.4) is 0 Å². The van der Waals surface area contributed by atoms with Gasteiger partial charge in [-0.3, -0.25) is 9.59 Å². The smallest absolute Gasteiger partial charge is 0.338 e. The summed E-state index contributed by atoms with van der Waals surface area (Å²) in [5.74, 6) is -1.49. The van der Waals surface area contributed by atoms with Crippen LogP contribution in [0.4, 0.5) is 0 Å². The van der Waals surface area contributed by atoms with Crippen LogP contribution in [0, 0.1) is 13.8 Å². The monoisotopic (exact) mass is 392 g/mol. The Hall–Kier alpha value is -2.78. The molecule has 0 bridgehead atoms. The lowest BCUT2D eigenvalue weighted by Gasteiger charge is -2.07. The molecule has 0 aliphatic carbocycles. The number of nitrogens with one attached hydrogen (secondary N) is 2. The highest BCUT2D eigenvalue weighted by Gasteiger charge is 2.21. The highest BCUT2D eigenvalue weighted by Crippen LogP contribution is 2.19. The Labute approximate surface area is 157 Å².